The van der Waals surface area contributed by atoms with E-state index in [2.05, 4.69) is 6.08 Å². The molecule has 1 aliphatic carbocycles. The van der Waals surface area contributed by atoms with Crippen LogP contribution in [0, 0.1) is 5.92 Å². The second kappa shape index (κ2) is 6.58. The molecule has 0 radical (unpaired) electrons. The van der Waals surface area contributed by atoms with Crippen LogP contribution in [0.4, 0.5) is 0 Å². The summed E-state index contributed by atoms with van der Waals surface area (Å²) in [7, 11) is 0. The molecular formula is C14H22O3. The molecule has 17 heavy (non-hydrogen) atoms. The molecule has 0 heterocycles. The number of Topliss-reactive ketones (excluding diaryl/α,β-unsaturated/α-hetero) is 1. The van der Waals surface area contributed by atoms with E-state index in [1.54, 1.807) is 0 Å². The molecule has 1 saturated carbocycles. The lowest BCUT2D eigenvalue weighted by Crippen LogP contribution is -2.24. The third-order valence-electron chi connectivity index (χ3n) is 3.04. The van der Waals surface area contributed by atoms with Crippen molar-refractivity contribution in [3.63, 3.8) is 0 Å². The normalized spacial score (nSPS) is 23.6. The van der Waals surface area contributed by atoms with E-state index < -0.39 is 6.10 Å². The zero-order chi connectivity index (χ0) is 12.8. The number of hydrogen-bond donors (Lipinski definition) is 0. The van der Waals surface area contributed by atoms with Gasteiger partial charge in [0.2, 0.25) is 0 Å². The molecule has 96 valence electrons. The quantitative estimate of drug-likeness (QED) is 0.546. The number of esters is 1. The average molecular weight is 238 g/mol. The zero-order valence-corrected chi connectivity index (χ0v) is 11.0. The first-order valence-corrected chi connectivity index (χ1v) is 6.41. The summed E-state index contributed by atoms with van der Waals surface area (Å²) in [5, 5.41) is 0. The van der Waals surface area contributed by atoms with E-state index in [9.17, 15) is 9.59 Å². The molecule has 0 aromatic rings. The van der Waals surface area contributed by atoms with Gasteiger partial charge in [-0.15, -0.1) is 0 Å². The predicted molar refractivity (Wildman–Crippen MR) is 66.6 cm³/mol. The maximum atomic E-state index is 12.0. The van der Waals surface area contributed by atoms with E-state index in [0.717, 1.165) is 19.3 Å². The second-order valence-corrected chi connectivity index (χ2v) is 4.92. The van der Waals surface area contributed by atoms with Crippen molar-refractivity contribution < 1.29 is 14.3 Å². The summed E-state index contributed by atoms with van der Waals surface area (Å²) >= 11 is 0. The van der Waals surface area contributed by atoms with Crippen LogP contribution in [-0.4, -0.2) is 17.9 Å². The van der Waals surface area contributed by atoms with Crippen molar-refractivity contribution in [2.24, 2.45) is 5.92 Å². The molecule has 0 aromatic heterocycles. The lowest BCUT2D eigenvalue weighted by molar-refractivity contribution is -0.154. The molecule has 0 aliphatic heterocycles. The van der Waals surface area contributed by atoms with Crippen molar-refractivity contribution in [1.82, 2.24) is 0 Å². The summed E-state index contributed by atoms with van der Waals surface area (Å²) in [5.74, 6) is -0.0926. The van der Waals surface area contributed by atoms with Crippen molar-refractivity contribution >= 4 is 11.8 Å². The van der Waals surface area contributed by atoms with Crippen LogP contribution in [0.5, 0.6) is 0 Å². The van der Waals surface area contributed by atoms with Gasteiger partial charge in [-0.05, 0) is 39.5 Å². The second-order valence-electron chi connectivity index (χ2n) is 4.92. The van der Waals surface area contributed by atoms with Crippen LogP contribution in [0.15, 0.2) is 11.6 Å². The highest BCUT2D eigenvalue weighted by atomic mass is 16.5. The van der Waals surface area contributed by atoms with Crippen molar-refractivity contribution in [2.45, 2.75) is 59.0 Å². The van der Waals surface area contributed by atoms with Crippen molar-refractivity contribution in [3.8, 4) is 0 Å². The predicted octanol–water partition coefficient (Wildman–Crippen LogP) is 3.03. The Morgan fingerprint density at radius 1 is 1.41 bits per heavy atom. The SMILES string of the molecule is CCCC(=O)OC1CCC(CC=C(C)C)C1=O. The van der Waals surface area contributed by atoms with E-state index in [-0.39, 0.29) is 17.7 Å². The lowest BCUT2D eigenvalue weighted by atomic mass is 10.0. The number of ether oxygens (including phenoxy) is 1. The van der Waals surface area contributed by atoms with Crippen LogP contribution in [-0.2, 0) is 14.3 Å². The minimum absolute atomic E-state index is 0.0457. The Hall–Kier alpha value is -1.12. The van der Waals surface area contributed by atoms with Gasteiger partial charge < -0.3 is 4.74 Å². The van der Waals surface area contributed by atoms with Gasteiger partial charge in [-0.2, -0.15) is 0 Å². The van der Waals surface area contributed by atoms with Crippen molar-refractivity contribution in [2.75, 3.05) is 0 Å². The highest BCUT2D eigenvalue weighted by Gasteiger charge is 2.35. The van der Waals surface area contributed by atoms with Gasteiger partial charge in [0, 0.05) is 12.3 Å². The number of rotatable bonds is 5. The molecule has 3 heteroatoms. The van der Waals surface area contributed by atoms with Gasteiger partial charge in [0.1, 0.15) is 0 Å². The smallest absolute Gasteiger partial charge is 0.306 e. The Bertz CT molecular complexity index is 313. The van der Waals surface area contributed by atoms with E-state index in [1.807, 2.05) is 20.8 Å². The van der Waals surface area contributed by atoms with Crippen LogP contribution in [0.1, 0.15) is 52.9 Å². The average Bonchev–Trinajstić information content (AvgIpc) is 2.58. The van der Waals surface area contributed by atoms with Gasteiger partial charge in [0.25, 0.3) is 0 Å². The first-order valence-electron chi connectivity index (χ1n) is 6.41. The first-order chi connectivity index (χ1) is 8.04. The van der Waals surface area contributed by atoms with Gasteiger partial charge >= 0.3 is 5.97 Å². The Labute approximate surface area is 103 Å². The molecule has 1 rings (SSSR count). The number of hydrogen-bond acceptors (Lipinski definition) is 3. The molecule has 2 unspecified atom stereocenters. The molecule has 3 nitrogen and oxygen atoms in total. The molecule has 0 saturated heterocycles. The molecule has 0 bridgehead atoms. The fraction of sp³-hybridized carbons (Fsp3) is 0.714. The maximum absolute atomic E-state index is 12.0. The topological polar surface area (TPSA) is 43.4 Å². The minimum Gasteiger partial charge on any atom is -0.454 e. The lowest BCUT2D eigenvalue weighted by Gasteiger charge is -2.11. The highest BCUT2D eigenvalue weighted by molar-refractivity contribution is 5.89. The largest absolute Gasteiger partial charge is 0.454 e. The van der Waals surface area contributed by atoms with Crippen LogP contribution in [0.3, 0.4) is 0 Å². The van der Waals surface area contributed by atoms with Crippen LogP contribution in [0.25, 0.3) is 0 Å². The van der Waals surface area contributed by atoms with Gasteiger partial charge in [-0.1, -0.05) is 18.6 Å². The molecule has 2 atom stereocenters. The minimum atomic E-state index is -0.482. The van der Waals surface area contributed by atoms with Crippen molar-refractivity contribution in [3.05, 3.63) is 11.6 Å². The molecule has 0 amide bonds. The van der Waals surface area contributed by atoms with Gasteiger partial charge in [-0.3, -0.25) is 9.59 Å². The van der Waals surface area contributed by atoms with Gasteiger partial charge in [0.15, 0.2) is 11.9 Å². The van der Waals surface area contributed by atoms with E-state index >= 15 is 0 Å². The summed E-state index contributed by atoms with van der Waals surface area (Å²) < 4.78 is 5.19. The summed E-state index contributed by atoms with van der Waals surface area (Å²) in [6.07, 6.45) is 5.08. The number of carbonyl (C=O) groups is 2. The standard InChI is InChI=1S/C14H22O3/c1-4-5-13(15)17-12-9-8-11(14(12)16)7-6-10(2)3/h6,11-12H,4-5,7-9H2,1-3H3. The molecular weight excluding hydrogens is 216 g/mol. The monoisotopic (exact) mass is 238 g/mol. The Kier molecular flexibility index (Phi) is 5.39. The van der Waals surface area contributed by atoms with E-state index in [4.69, 9.17) is 4.74 Å². The highest BCUT2D eigenvalue weighted by Crippen LogP contribution is 2.28. The molecule has 1 aliphatic rings. The summed E-state index contributed by atoms with van der Waals surface area (Å²) in [6, 6.07) is 0. The maximum Gasteiger partial charge on any atom is 0.306 e. The van der Waals surface area contributed by atoms with Gasteiger partial charge in [-0.25, -0.2) is 0 Å². The third-order valence-corrected chi connectivity index (χ3v) is 3.04. The Morgan fingerprint density at radius 3 is 2.71 bits per heavy atom. The fourth-order valence-corrected chi connectivity index (χ4v) is 2.05. The molecule has 1 fully saturated rings. The molecule has 0 N–H and O–H groups in total. The van der Waals surface area contributed by atoms with Crippen molar-refractivity contribution in [1.29, 1.82) is 0 Å². The van der Waals surface area contributed by atoms with Crippen LogP contribution in [0.2, 0.25) is 0 Å². The Morgan fingerprint density at radius 2 is 2.12 bits per heavy atom. The first kappa shape index (κ1) is 13.9. The van der Waals surface area contributed by atoms with Gasteiger partial charge in [0.05, 0.1) is 0 Å². The fourth-order valence-electron chi connectivity index (χ4n) is 2.05. The number of carbonyl (C=O) groups excluding carboxylic acids is 2. The van der Waals surface area contributed by atoms with Crippen LogP contribution >= 0.6 is 0 Å². The summed E-state index contributed by atoms with van der Waals surface area (Å²) in [4.78, 5) is 23.3. The Balaban J connectivity index is 2.44. The molecule has 0 spiro atoms. The zero-order valence-electron chi connectivity index (χ0n) is 11.0. The number of allylic oxidation sites excluding steroid dienone is 2. The summed E-state index contributed by atoms with van der Waals surface area (Å²) in [6.45, 7) is 5.98. The van der Waals surface area contributed by atoms with Crippen LogP contribution < -0.4 is 0 Å². The third kappa shape index (κ3) is 4.33. The molecule has 0 aromatic carbocycles. The summed E-state index contributed by atoms with van der Waals surface area (Å²) in [5.41, 5.74) is 1.23. The van der Waals surface area contributed by atoms with E-state index in [1.165, 1.54) is 5.57 Å². The number of ketones is 1. The van der Waals surface area contributed by atoms with E-state index in [0.29, 0.717) is 12.8 Å².